The molecule has 0 aromatic heterocycles. The minimum Gasteiger partial charge on any atom is -0.489 e. The Kier molecular flexibility index (Phi) is 5.08. The highest BCUT2D eigenvalue weighted by Crippen LogP contribution is 2.24. The number of hydrogen-bond acceptors (Lipinski definition) is 3. The Hall–Kier alpha value is -0.580. The van der Waals surface area contributed by atoms with Gasteiger partial charge < -0.3 is 9.84 Å². The summed E-state index contributed by atoms with van der Waals surface area (Å²) < 4.78 is 5.26. The number of halogens is 2. The maximum Gasteiger partial charge on any atom is 0.150 e. The number of aliphatic hydroxyl groups excluding tert-OH is 1. The SMILES string of the molecule is O=Cc1ccc(OCC(O)CBr)c(Cl)c1. The minimum atomic E-state index is -0.577. The van der Waals surface area contributed by atoms with Gasteiger partial charge in [-0.3, -0.25) is 4.79 Å². The lowest BCUT2D eigenvalue weighted by atomic mass is 10.2. The lowest BCUT2D eigenvalue weighted by Crippen LogP contribution is -2.18. The molecule has 0 saturated carbocycles. The van der Waals surface area contributed by atoms with E-state index in [1.807, 2.05) is 0 Å². The lowest BCUT2D eigenvalue weighted by molar-refractivity contribution is 0.112. The molecule has 0 fully saturated rings. The van der Waals surface area contributed by atoms with Gasteiger partial charge >= 0.3 is 0 Å². The van der Waals surface area contributed by atoms with E-state index >= 15 is 0 Å². The van der Waals surface area contributed by atoms with Crippen molar-refractivity contribution in [2.75, 3.05) is 11.9 Å². The standard InChI is InChI=1S/C10H10BrClO3/c11-4-8(14)6-15-10-2-1-7(5-13)3-9(10)12/h1-3,5,8,14H,4,6H2. The first-order chi connectivity index (χ1) is 7.17. The summed E-state index contributed by atoms with van der Waals surface area (Å²) in [6, 6.07) is 4.73. The third kappa shape index (κ3) is 3.81. The van der Waals surface area contributed by atoms with Crippen LogP contribution in [0.25, 0.3) is 0 Å². The second-order valence-electron chi connectivity index (χ2n) is 2.93. The normalized spacial score (nSPS) is 12.2. The van der Waals surface area contributed by atoms with Crippen molar-refractivity contribution < 1.29 is 14.6 Å². The monoisotopic (exact) mass is 292 g/mol. The van der Waals surface area contributed by atoms with Gasteiger partial charge in [0.05, 0.1) is 11.1 Å². The van der Waals surface area contributed by atoms with Crippen LogP contribution in [0.2, 0.25) is 5.02 Å². The van der Waals surface area contributed by atoms with E-state index in [0.29, 0.717) is 28.0 Å². The highest BCUT2D eigenvalue weighted by Gasteiger charge is 2.06. The Bertz CT molecular complexity index is 343. The van der Waals surface area contributed by atoms with Gasteiger partial charge in [0, 0.05) is 10.9 Å². The lowest BCUT2D eigenvalue weighted by Gasteiger charge is -2.10. The van der Waals surface area contributed by atoms with Crippen molar-refractivity contribution in [2.45, 2.75) is 6.10 Å². The number of aldehydes is 1. The van der Waals surface area contributed by atoms with Crippen molar-refractivity contribution in [1.29, 1.82) is 0 Å². The summed E-state index contributed by atoms with van der Waals surface area (Å²) in [6.45, 7) is 0.158. The van der Waals surface area contributed by atoms with Gasteiger partial charge in [-0.05, 0) is 18.2 Å². The van der Waals surface area contributed by atoms with Crippen LogP contribution in [0.15, 0.2) is 18.2 Å². The average Bonchev–Trinajstić information content (AvgIpc) is 2.26. The van der Waals surface area contributed by atoms with Gasteiger partial charge in [-0.15, -0.1) is 0 Å². The molecular formula is C10H10BrClO3. The molecule has 15 heavy (non-hydrogen) atoms. The van der Waals surface area contributed by atoms with Gasteiger partial charge in [-0.1, -0.05) is 27.5 Å². The van der Waals surface area contributed by atoms with E-state index in [1.54, 1.807) is 12.1 Å². The molecule has 0 aliphatic heterocycles. The Labute approximate surface area is 101 Å². The van der Waals surface area contributed by atoms with Crippen LogP contribution in [-0.4, -0.2) is 29.4 Å². The second kappa shape index (κ2) is 6.10. The zero-order chi connectivity index (χ0) is 11.3. The van der Waals surface area contributed by atoms with E-state index in [2.05, 4.69) is 15.9 Å². The largest absolute Gasteiger partial charge is 0.489 e. The van der Waals surface area contributed by atoms with Crippen LogP contribution in [0, 0.1) is 0 Å². The second-order valence-corrected chi connectivity index (χ2v) is 3.98. The first-order valence-electron chi connectivity index (χ1n) is 4.29. The topological polar surface area (TPSA) is 46.5 Å². The predicted molar refractivity (Wildman–Crippen MR) is 62.1 cm³/mol. The molecule has 1 aromatic carbocycles. The molecule has 0 aliphatic carbocycles. The zero-order valence-electron chi connectivity index (χ0n) is 7.82. The number of hydrogen-bond donors (Lipinski definition) is 1. The molecule has 1 unspecified atom stereocenters. The summed E-state index contributed by atoms with van der Waals surface area (Å²) in [5.74, 6) is 0.460. The van der Waals surface area contributed by atoms with E-state index in [1.165, 1.54) is 6.07 Å². The molecule has 3 nitrogen and oxygen atoms in total. The zero-order valence-corrected chi connectivity index (χ0v) is 10.2. The molecule has 0 radical (unpaired) electrons. The van der Waals surface area contributed by atoms with Gasteiger partial charge in [0.25, 0.3) is 0 Å². The maximum absolute atomic E-state index is 10.4. The fourth-order valence-electron chi connectivity index (χ4n) is 0.938. The van der Waals surface area contributed by atoms with Crippen molar-refractivity contribution in [2.24, 2.45) is 0 Å². The number of ether oxygens (including phenoxy) is 1. The third-order valence-electron chi connectivity index (χ3n) is 1.70. The number of benzene rings is 1. The Morgan fingerprint density at radius 3 is 2.87 bits per heavy atom. The first-order valence-corrected chi connectivity index (χ1v) is 5.79. The molecule has 0 bridgehead atoms. The molecule has 0 spiro atoms. The van der Waals surface area contributed by atoms with Gasteiger partial charge in [-0.2, -0.15) is 0 Å². The van der Waals surface area contributed by atoms with Crippen molar-refractivity contribution in [3.05, 3.63) is 28.8 Å². The van der Waals surface area contributed by atoms with E-state index in [-0.39, 0.29) is 6.61 Å². The number of carbonyl (C=O) groups is 1. The number of alkyl halides is 1. The fraction of sp³-hybridized carbons (Fsp3) is 0.300. The molecule has 0 amide bonds. The van der Waals surface area contributed by atoms with Crippen LogP contribution in [0.1, 0.15) is 10.4 Å². The highest BCUT2D eigenvalue weighted by molar-refractivity contribution is 9.09. The van der Waals surface area contributed by atoms with Gasteiger partial charge in [0.15, 0.2) is 0 Å². The maximum atomic E-state index is 10.4. The van der Waals surface area contributed by atoms with Crippen molar-refractivity contribution in [3.63, 3.8) is 0 Å². The van der Waals surface area contributed by atoms with Gasteiger partial charge in [0.2, 0.25) is 0 Å². The molecule has 1 N–H and O–H groups in total. The van der Waals surface area contributed by atoms with Crippen molar-refractivity contribution in [3.8, 4) is 5.75 Å². The minimum absolute atomic E-state index is 0.158. The molecule has 5 heteroatoms. The summed E-state index contributed by atoms with van der Waals surface area (Å²) in [5.41, 5.74) is 0.494. The molecule has 0 saturated heterocycles. The molecule has 82 valence electrons. The third-order valence-corrected chi connectivity index (χ3v) is 2.74. The molecule has 1 atom stereocenters. The van der Waals surface area contributed by atoms with Gasteiger partial charge in [0.1, 0.15) is 18.6 Å². The number of rotatable bonds is 5. The number of carbonyl (C=O) groups excluding carboxylic acids is 1. The van der Waals surface area contributed by atoms with Crippen molar-refractivity contribution in [1.82, 2.24) is 0 Å². The van der Waals surface area contributed by atoms with Crippen LogP contribution in [-0.2, 0) is 0 Å². The fourth-order valence-corrected chi connectivity index (χ4v) is 1.37. The Morgan fingerprint density at radius 1 is 1.60 bits per heavy atom. The van der Waals surface area contributed by atoms with Crippen LogP contribution in [0.3, 0.4) is 0 Å². The van der Waals surface area contributed by atoms with E-state index in [4.69, 9.17) is 16.3 Å². The molecular weight excluding hydrogens is 283 g/mol. The van der Waals surface area contributed by atoms with Crippen LogP contribution >= 0.6 is 27.5 Å². The average molecular weight is 294 g/mol. The summed E-state index contributed by atoms with van der Waals surface area (Å²) in [7, 11) is 0. The Morgan fingerprint density at radius 2 is 2.33 bits per heavy atom. The summed E-state index contributed by atoms with van der Waals surface area (Å²) in [4.78, 5) is 10.4. The van der Waals surface area contributed by atoms with E-state index in [9.17, 15) is 9.90 Å². The summed E-state index contributed by atoms with van der Waals surface area (Å²) in [6.07, 6.45) is 0.134. The van der Waals surface area contributed by atoms with Crippen LogP contribution < -0.4 is 4.74 Å². The number of aliphatic hydroxyl groups is 1. The quantitative estimate of drug-likeness (QED) is 0.669. The first kappa shape index (κ1) is 12.5. The van der Waals surface area contributed by atoms with Crippen LogP contribution in [0.5, 0.6) is 5.75 Å². The molecule has 0 heterocycles. The molecule has 1 rings (SSSR count). The molecule has 0 aliphatic rings. The van der Waals surface area contributed by atoms with E-state index < -0.39 is 6.10 Å². The van der Waals surface area contributed by atoms with Crippen molar-refractivity contribution >= 4 is 33.8 Å². The highest BCUT2D eigenvalue weighted by atomic mass is 79.9. The van der Waals surface area contributed by atoms with Gasteiger partial charge in [-0.25, -0.2) is 0 Å². The van der Waals surface area contributed by atoms with E-state index in [0.717, 1.165) is 0 Å². The smallest absolute Gasteiger partial charge is 0.150 e. The molecule has 1 aromatic rings. The Balaban J connectivity index is 2.65. The summed E-state index contributed by atoms with van der Waals surface area (Å²) in [5, 5.41) is 10.0. The summed E-state index contributed by atoms with van der Waals surface area (Å²) >= 11 is 8.98. The van der Waals surface area contributed by atoms with Crippen LogP contribution in [0.4, 0.5) is 0 Å². The predicted octanol–water partition coefficient (Wildman–Crippen LogP) is 2.29.